The summed E-state index contributed by atoms with van der Waals surface area (Å²) in [6.45, 7) is 4.19. The van der Waals surface area contributed by atoms with Crippen molar-refractivity contribution in [2.75, 3.05) is 5.73 Å². The molecule has 1 aliphatic carbocycles. The average molecular weight is 231 g/mol. The summed E-state index contributed by atoms with van der Waals surface area (Å²) in [6, 6.07) is 7.82. The fourth-order valence-corrected chi connectivity index (χ4v) is 2.64. The molecule has 1 atom stereocenters. The Kier molecular flexibility index (Phi) is 3.23. The van der Waals surface area contributed by atoms with Gasteiger partial charge in [0.05, 0.1) is 5.41 Å². The summed E-state index contributed by atoms with van der Waals surface area (Å²) < 4.78 is 0. The lowest BCUT2D eigenvalue weighted by atomic mass is 9.83. The molecule has 17 heavy (non-hydrogen) atoms. The van der Waals surface area contributed by atoms with Gasteiger partial charge in [-0.1, -0.05) is 32.4 Å². The predicted octanol–water partition coefficient (Wildman–Crippen LogP) is 3.31. The van der Waals surface area contributed by atoms with Crippen LogP contribution in [0.5, 0.6) is 0 Å². The first-order valence-corrected chi connectivity index (χ1v) is 6.50. The monoisotopic (exact) mass is 231 g/mol. The minimum atomic E-state index is -0.178. The normalized spacial score (nSPS) is 18.7. The van der Waals surface area contributed by atoms with Crippen molar-refractivity contribution in [3.05, 3.63) is 29.8 Å². The molecule has 2 N–H and O–H groups in total. The van der Waals surface area contributed by atoms with Crippen molar-refractivity contribution in [2.24, 2.45) is 5.92 Å². The first kappa shape index (κ1) is 12.2. The fraction of sp³-hybridized carbons (Fsp3) is 0.533. The van der Waals surface area contributed by atoms with Crippen molar-refractivity contribution in [3.63, 3.8) is 0 Å². The van der Waals surface area contributed by atoms with E-state index in [-0.39, 0.29) is 11.3 Å². The number of ketones is 1. The first-order valence-electron chi connectivity index (χ1n) is 6.50. The Bertz CT molecular complexity index is 403. The summed E-state index contributed by atoms with van der Waals surface area (Å²) in [5.74, 6) is 0.601. The predicted molar refractivity (Wildman–Crippen MR) is 70.8 cm³/mol. The average Bonchev–Trinajstić information content (AvgIpc) is 3.10. The van der Waals surface area contributed by atoms with E-state index >= 15 is 0 Å². The van der Waals surface area contributed by atoms with Crippen LogP contribution in [0.2, 0.25) is 0 Å². The van der Waals surface area contributed by atoms with Gasteiger partial charge in [0.25, 0.3) is 0 Å². The lowest BCUT2D eigenvalue weighted by molar-refractivity contribution is -0.125. The fourth-order valence-electron chi connectivity index (χ4n) is 2.64. The summed E-state index contributed by atoms with van der Waals surface area (Å²) in [6.07, 6.45) is 4.08. The Hall–Kier alpha value is -1.31. The van der Waals surface area contributed by atoms with Crippen LogP contribution in [-0.2, 0) is 10.2 Å². The second-order valence-electron chi connectivity index (χ2n) is 5.26. The molecule has 1 aromatic carbocycles. The van der Waals surface area contributed by atoms with Gasteiger partial charge in [-0.2, -0.15) is 0 Å². The SMILES string of the molecule is CCCC(C)C(=O)C1(c2ccc(N)cc2)CC1. The quantitative estimate of drug-likeness (QED) is 0.790. The molecule has 0 aromatic heterocycles. The molecule has 92 valence electrons. The molecule has 1 fully saturated rings. The van der Waals surface area contributed by atoms with Crippen LogP contribution >= 0.6 is 0 Å². The van der Waals surface area contributed by atoms with Crippen molar-refractivity contribution in [2.45, 2.75) is 44.9 Å². The Morgan fingerprint density at radius 1 is 1.35 bits per heavy atom. The molecule has 1 saturated carbocycles. The van der Waals surface area contributed by atoms with Crippen LogP contribution in [-0.4, -0.2) is 5.78 Å². The van der Waals surface area contributed by atoms with Gasteiger partial charge in [0.15, 0.2) is 0 Å². The van der Waals surface area contributed by atoms with E-state index in [2.05, 4.69) is 13.8 Å². The van der Waals surface area contributed by atoms with Gasteiger partial charge in [-0.05, 0) is 37.0 Å². The zero-order chi connectivity index (χ0) is 12.5. The molecule has 1 aliphatic rings. The first-order chi connectivity index (χ1) is 8.10. The van der Waals surface area contributed by atoms with Crippen LogP contribution in [0, 0.1) is 5.92 Å². The summed E-state index contributed by atoms with van der Waals surface area (Å²) >= 11 is 0. The van der Waals surface area contributed by atoms with E-state index in [1.54, 1.807) is 0 Å². The zero-order valence-electron chi connectivity index (χ0n) is 10.7. The van der Waals surface area contributed by atoms with Gasteiger partial charge in [-0.15, -0.1) is 0 Å². The number of rotatable bonds is 5. The topological polar surface area (TPSA) is 43.1 Å². The second kappa shape index (κ2) is 4.52. The molecule has 0 bridgehead atoms. The second-order valence-corrected chi connectivity index (χ2v) is 5.26. The summed E-state index contributed by atoms with van der Waals surface area (Å²) in [5.41, 5.74) is 7.43. The third-order valence-corrected chi connectivity index (χ3v) is 3.85. The van der Waals surface area contributed by atoms with Crippen molar-refractivity contribution in [1.82, 2.24) is 0 Å². The van der Waals surface area contributed by atoms with Gasteiger partial charge in [0.2, 0.25) is 0 Å². The molecule has 0 radical (unpaired) electrons. The number of hydrogen-bond acceptors (Lipinski definition) is 2. The van der Waals surface area contributed by atoms with Crippen LogP contribution in [0.25, 0.3) is 0 Å². The molecule has 2 nitrogen and oxygen atoms in total. The van der Waals surface area contributed by atoms with Crippen LogP contribution in [0.15, 0.2) is 24.3 Å². The van der Waals surface area contributed by atoms with Gasteiger partial charge < -0.3 is 5.73 Å². The highest BCUT2D eigenvalue weighted by atomic mass is 16.1. The number of Topliss-reactive ketones (excluding diaryl/α,β-unsaturated/α-hetero) is 1. The van der Waals surface area contributed by atoms with E-state index in [0.717, 1.165) is 36.9 Å². The highest BCUT2D eigenvalue weighted by molar-refractivity contribution is 5.94. The molecule has 0 spiro atoms. The van der Waals surface area contributed by atoms with Crippen molar-refractivity contribution >= 4 is 11.5 Å². The maximum atomic E-state index is 12.5. The van der Waals surface area contributed by atoms with Crippen molar-refractivity contribution in [3.8, 4) is 0 Å². The summed E-state index contributed by atoms with van der Waals surface area (Å²) in [4.78, 5) is 12.5. The van der Waals surface area contributed by atoms with Gasteiger partial charge in [-0.3, -0.25) is 4.79 Å². The Balaban J connectivity index is 2.19. The molecular formula is C15H21NO. The third kappa shape index (κ3) is 2.21. The van der Waals surface area contributed by atoms with Crippen molar-refractivity contribution in [1.29, 1.82) is 0 Å². The number of nitrogens with two attached hydrogens (primary N) is 1. The zero-order valence-corrected chi connectivity index (χ0v) is 10.7. The molecule has 2 heteroatoms. The highest BCUT2D eigenvalue weighted by Gasteiger charge is 2.51. The van der Waals surface area contributed by atoms with Crippen LogP contribution in [0.4, 0.5) is 5.69 Å². The van der Waals surface area contributed by atoms with E-state index in [4.69, 9.17) is 5.73 Å². The Labute approximate surface area is 103 Å². The van der Waals surface area contributed by atoms with Gasteiger partial charge >= 0.3 is 0 Å². The molecule has 0 amide bonds. The van der Waals surface area contributed by atoms with E-state index in [0.29, 0.717) is 5.78 Å². The van der Waals surface area contributed by atoms with Crippen LogP contribution in [0.3, 0.4) is 0 Å². The molecule has 1 unspecified atom stereocenters. The third-order valence-electron chi connectivity index (χ3n) is 3.85. The summed E-state index contributed by atoms with van der Waals surface area (Å²) in [7, 11) is 0. The van der Waals surface area contributed by atoms with Crippen LogP contribution < -0.4 is 5.73 Å². The van der Waals surface area contributed by atoms with Gasteiger partial charge in [0, 0.05) is 11.6 Å². The maximum Gasteiger partial charge on any atom is 0.146 e. The standard InChI is InChI=1S/C15H21NO/c1-3-4-11(2)14(17)15(9-10-15)12-5-7-13(16)8-6-12/h5-8,11H,3-4,9-10,16H2,1-2H3. The number of carbonyl (C=O) groups is 1. The molecule has 2 rings (SSSR count). The summed E-state index contributed by atoms with van der Waals surface area (Å²) in [5, 5.41) is 0. The Morgan fingerprint density at radius 2 is 1.94 bits per heavy atom. The molecule has 0 saturated heterocycles. The number of carbonyl (C=O) groups excluding carboxylic acids is 1. The molecular weight excluding hydrogens is 210 g/mol. The van der Waals surface area contributed by atoms with Gasteiger partial charge in [-0.25, -0.2) is 0 Å². The Morgan fingerprint density at radius 3 is 2.41 bits per heavy atom. The highest BCUT2D eigenvalue weighted by Crippen LogP contribution is 2.50. The smallest absolute Gasteiger partial charge is 0.146 e. The molecule has 1 aromatic rings. The lowest BCUT2D eigenvalue weighted by Crippen LogP contribution is -2.26. The van der Waals surface area contributed by atoms with Crippen molar-refractivity contribution < 1.29 is 4.79 Å². The largest absolute Gasteiger partial charge is 0.399 e. The minimum Gasteiger partial charge on any atom is -0.399 e. The van der Waals surface area contributed by atoms with Crippen LogP contribution in [0.1, 0.15) is 45.1 Å². The number of hydrogen-bond donors (Lipinski definition) is 1. The maximum absolute atomic E-state index is 12.5. The van der Waals surface area contributed by atoms with E-state index in [9.17, 15) is 4.79 Å². The van der Waals surface area contributed by atoms with E-state index in [1.807, 2.05) is 24.3 Å². The minimum absolute atomic E-state index is 0.178. The number of anilines is 1. The van der Waals surface area contributed by atoms with Gasteiger partial charge in [0.1, 0.15) is 5.78 Å². The molecule has 0 heterocycles. The lowest BCUT2D eigenvalue weighted by Gasteiger charge is -2.19. The van der Waals surface area contributed by atoms with E-state index < -0.39 is 0 Å². The van der Waals surface area contributed by atoms with E-state index in [1.165, 1.54) is 0 Å². The molecule has 0 aliphatic heterocycles. The number of nitrogen functional groups attached to an aromatic ring is 1. The number of benzene rings is 1.